The number of aryl methyl sites for hydroxylation is 1. The molecular weight excluding hydrogens is 324 g/mol. The van der Waals surface area contributed by atoms with E-state index in [4.69, 9.17) is 16.7 Å². The average molecular weight is 335 g/mol. The standard InChI is InChI=1S/C15H11ClN2O3S/c1-7-11-13(19)17-10(6-8-4-2-3-5-9(8)16)18-14(11)22-12(7)15(20)21/h2-5H,6H2,1H3,(H,20,21)(H,17,18,19). The van der Waals surface area contributed by atoms with Gasteiger partial charge in [0, 0.05) is 11.4 Å². The summed E-state index contributed by atoms with van der Waals surface area (Å²) in [4.78, 5) is 31.1. The van der Waals surface area contributed by atoms with E-state index >= 15 is 0 Å². The zero-order valence-corrected chi connectivity index (χ0v) is 13.1. The number of rotatable bonds is 3. The van der Waals surface area contributed by atoms with Crippen molar-refractivity contribution in [2.24, 2.45) is 0 Å². The van der Waals surface area contributed by atoms with Gasteiger partial charge in [0.05, 0.1) is 5.39 Å². The molecule has 0 atom stereocenters. The summed E-state index contributed by atoms with van der Waals surface area (Å²) in [5, 5.41) is 10.1. The molecule has 0 aliphatic rings. The van der Waals surface area contributed by atoms with Crippen LogP contribution in [0.2, 0.25) is 5.02 Å². The molecule has 0 unspecified atom stereocenters. The van der Waals surface area contributed by atoms with Crippen molar-refractivity contribution in [1.29, 1.82) is 0 Å². The van der Waals surface area contributed by atoms with E-state index in [9.17, 15) is 9.59 Å². The molecule has 2 heterocycles. The van der Waals surface area contributed by atoms with Gasteiger partial charge < -0.3 is 10.1 Å². The topological polar surface area (TPSA) is 83.0 Å². The Morgan fingerprint density at radius 2 is 2.14 bits per heavy atom. The van der Waals surface area contributed by atoms with E-state index in [2.05, 4.69) is 9.97 Å². The van der Waals surface area contributed by atoms with E-state index in [1.165, 1.54) is 0 Å². The highest BCUT2D eigenvalue weighted by Gasteiger charge is 2.18. The van der Waals surface area contributed by atoms with Crippen LogP contribution in [0.5, 0.6) is 0 Å². The van der Waals surface area contributed by atoms with Gasteiger partial charge in [-0.15, -0.1) is 11.3 Å². The number of carbonyl (C=O) groups is 1. The van der Waals surface area contributed by atoms with E-state index in [-0.39, 0.29) is 10.4 Å². The number of hydrogen-bond donors (Lipinski definition) is 2. The molecule has 0 aliphatic carbocycles. The van der Waals surface area contributed by atoms with Crippen LogP contribution in [0, 0.1) is 6.92 Å². The van der Waals surface area contributed by atoms with Gasteiger partial charge in [0.15, 0.2) is 0 Å². The quantitative estimate of drug-likeness (QED) is 0.770. The lowest BCUT2D eigenvalue weighted by atomic mass is 10.1. The normalized spacial score (nSPS) is 11.0. The van der Waals surface area contributed by atoms with Crippen LogP contribution in [0.25, 0.3) is 10.2 Å². The molecule has 3 aromatic rings. The van der Waals surface area contributed by atoms with Gasteiger partial charge in [0.25, 0.3) is 5.56 Å². The summed E-state index contributed by atoms with van der Waals surface area (Å²) in [7, 11) is 0. The first-order valence-corrected chi connectivity index (χ1v) is 7.66. The number of hydrogen-bond acceptors (Lipinski definition) is 4. The third-order valence-electron chi connectivity index (χ3n) is 3.36. The largest absolute Gasteiger partial charge is 0.477 e. The number of H-pyrrole nitrogens is 1. The van der Waals surface area contributed by atoms with Crippen molar-refractivity contribution in [3.8, 4) is 0 Å². The second-order valence-corrected chi connectivity index (χ2v) is 6.23. The summed E-state index contributed by atoms with van der Waals surface area (Å²) < 4.78 is 0. The molecule has 2 N–H and O–H groups in total. The molecule has 3 rings (SSSR count). The van der Waals surface area contributed by atoms with Gasteiger partial charge in [-0.3, -0.25) is 4.79 Å². The highest BCUT2D eigenvalue weighted by molar-refractivity contribution is 7.20. The zero-order chi connectivity index (χ0) is 15.9. The van der Waals surface area contributed by atoms with E-state index in [1.807, 2.05) is 18.2 Å². The fourth-order valence-corrected chi connectivity index (χ4v) is 3.54. The minimum Gasteiger partial charge on any atom is -0.477 e. The van der Waals surface area contributed by atoms with Crippen LogP contribution < -0.4 is 5.56 Å². The lowest BCUT2D eigenvalue weighted by Gasteiger charge is -2.03. The molecule has 0 aliphatic heterocycles. The molecule has 22 heavy (non-hydrogen) atoms. The Balaban J connectivity index is 2.12. The van der Waals surface area contributed by atoms with Gasteiger partial charge in [-0.05, 0) is 24.1 Å². The smallest absolute Gasteiger partial charge is 0.346 e. The van der Waals surface area contributed by atoms with Gasteiger partial charge >= 0.3 is 5.97 Å². The Morgan fingerprint density at radius 1 is 1.41 bits per heavy atom. The van der Waals surface area contributed by atoms with Crippen LogP contribution >= 0.6 is 22.9 Å². The molecule has 1 aromatic carbocycles. The maximum atomic E-state index is 12.2. The monoisotopic (exact) mass is 334 g/mol. The Morgan fingerprint density at radius 3 is 2.82 bits per heavy atom. The van der Waals surface area contributed by atoms with Crippen LogP contribution in [-0.4, -0.2) is 21.0 Å². The fourth-order valence-electron chi connectivity index (χ4n) is 2.30. The van der Waals surface area contributed by atoms with Crippen molar-refractivity contribution >= 4 is 39.1 Å². The Bertz CT molecular complexity index is 946. The maximum absolute atomic E-state index is 12.2. The van der Waals surface area contributed by atoms with Crippen molar-refractivity contribution < 1.29 is 9.90 Å². The predicted molar refractivity (Wildman–Crippen MR) is 86.2 cm³/mol. The number of carboxylic acid groups (broad SMARTS) is 1. The SMILES string of the molecule is Cc1c(C(=O)O)sc2nc(Cc3ccccc3Cl)[nH]c(=O)c12. The highest BCUT2D eigenvalue weighted by Crippen LogP contribution is 2.27. The molecule has 0 amide bonds. The lowest BCUT2D eigenvalue weighted by molar-refractivity contribution is 0.0701. The third kappa shape index (κ3) is 2.51. The van der Waals surface area contributed by atoms with E-state index in [1.54, 1.807) is 13.0 Å². The van der Waals surface area contributed by atoms with Crippen molar-refractivity contribution in [3.05, 3.63) is 61.5 Å². The number of carboxylic acids is 1. The van der Waals surface area contributed by atoms with Crippen LogP contribution in [0.4, 0.5) is 0 Å². The number of aromatic amines is 1. The summed E-state index contributed by atoms with van der Waals surface area (Å²) in [5.41, 5.74) is 0.970. The van der Waals surface area contributed by atoms with Crippen molar-refractivity contribution in [2.75, 3.05) is 0 Å². The van der Waals surface area contributed by atoms with E-state index in [0.29, 0.717) is 33.0 Å². The number of nitrogens with zero attached hydrogens (tertiary/aromatic N) is 1. The average Bonchev–Trinajstić information content (AvgIpc) is 2.79. The fraction of sp³-hybridized carbons (Fsp3) is 0.133. The summed E-state index contributed by atoms with van der Waals surface area (Å²) in [5.74, 6) is -0.587. The Kier molecular flexibility index (Phi) is 3.72. The minimum absolute atomic E-state index is 0.142. The number of aromatic carboxylic acids is 1. The molecule has 7 heteroatoms. The summed E-state index contributed by atoms with van der Waals surface area (Å²) in [6.45, 7) is 1.62. The maximum Gasteiger partial charge on any atom is 0.346 e. The number of halogens is 1. The van der Waals surface area contributed by atoms with Crippen LogP contribution in [0.15, 0.2) is 29.1 Å². The molecule has 5 nitrogen and oxygen atoms in total. The molecule has 2 aromatic heterocycles. The number of fused-ring (bicyclic) bond motifs is 1. The summed E-state index contributed by atoms with van der Waals surface area (Å²) in [6, 6.07) is 7.31. The zero-order valence-electron chi connectivity index (χ0n) is 11.5. The van der Waals surface area contributed by atoms with Crippen molar-refractivity contribution in [2.45, 2.75) is 13.3 Å². The first kappa shape index (κ1) is 14.7. The van der Waals surface area contributed by atoms with Gasteiger partial charge in [-0.25, -0.2) is 9.78 Å². The second-order valence-electron chi connectivity index (χ2n) is 4.82. The number of aromatic nitrogens is 2. The predicted octanol–water partition coefficient (Wildman–Crippen LogP) is 3.24. The van der Waals surface area contributed by atoms with Crippen LogP contribution in [0.1, 0.15) is 26.6 Å². The number of thiophene rings is 1. The van der Waals surface area contributed by atoms with Crippen molar-refractivity contribution in [3.63, 3.8) is 0 Å². The van der Waals surface area contributed by atoms with Crippen LogP contribution in [-0.2, 0) is 6.42 Å². The molecular formula is C15H11ClN2O3S. The molecule has 0 bridgehead atoms. The Labute approximate surface area is 134 Å². The third-order valence-corrected chi connectivity index (χ3v) is 4.90. The van der Waals surface area contributed by atoms with Gasteiger partial charge in [0.1, 0.15) is 15.5 Å². The molecule has 0 radical (unpaired) electrons. The van der Waals surface area contributed by atoms with E-state index < -0.39 is 5.97 Å². The molecule has 112 valence electrons. The van der Waals surface area contributed by atoms with Gasteiger partial charge in [0.2, 0.25) is 0 Å². The molecule has 0 spiro atoms. The molecule has 0 saturated heterocycles. The van der Waals surface area contributed by atoms with Gasteiger partial charge in [-0.2, -0.15) is 0 Å². The lowest BCUT2D eigenvalue weighted by Crippen LogP contribution is -2.12. The number of benzene rings is 1. The number of nitrogens with one attached hydrogen (secondary N) is 1. The highest BCUT2D eigenvalue weighted by atomic mass is 35.5. The van der Waals surface area contributed by atoms with E-state index in [0.717, 1.165) is 16.9 Å². The summed E-state index contributed by atoms with van der Waals surface area (Å²) >= 11 is 7.12. The first-order chi connectivity index (χ1) is 10.5. The first-order valence-electron chi connectivity index (χ1n) is 6.46. The molecule has 0 saturated carbocycles. The Hall–Kier alpha value is -2.18. The molecule has 0 fully saturated rings. The van der Waals surface area contributed by atoms with Crippen LogP contribution in [0.3, 0.4) is 0 Å². The second kappa shape index (κ2) is 5.55. The minimum atomic E-state index is -1.05. The van der Waals surface area contributed by atoms with Gasteiger partial charge in [-0.1, -0.05) is 29.8 Å². The van der Waals surface area contributed by atoms with Crippen molar-refractivity contribution in [1.82, 2.24) is 9.97 Å². The summed E-state index contributed by atoms with van der Waals surface area (Å²) in [6.07, 6.45) is 0.379.